The summed E-state index contributed by atoms with van der Waals surface area (Å²) in [5.41, 5.74) is 0.382. The van der Waals surface area contributed by atoms with Crippen LogP contribution < -0.4 is 0 Å². The monoisotopic (exact) mass is 912 g/mol. The molecule has 0 rings (SSSR count). The van der Waals surface area contributed by atoms with Gasteiger partial charge in [-0.2, -0.15) is 0 Å². The van der Waals surface area contributed by atoms with Gasteiger partial charge in [-0.25, -0.2) is 4.79 Å². The summed E-state index contributed by atoms with van der Waals surface area (Å²) in [5.74, 6) is -0.779. The third-order valence-corrected chi connectivity index (χ3v) is 36.2. The first-order chi connectivity index (χ1) is 25.5. The van der Waals surface area contributed by atoms with Gasteiger partial charge in [-0.3, -0.25) is 9.59 Å². The van der Waals surface area contributed by atoms with Gasteiger partial charge in [0.25, 0.3) is 0 Å². The minimum absolute atomic E-state index is 0.198. The van der Waals surface area contributed by atoms with E-state index in [9.17, 15) is 14.4 Å². The lowest BCUT2D eigenvalue weighted by Crippen LogP contribution is -2.66. The average Bonchev–Trinajstić information content (AvgIpc) is 3.02. The van der Waals surface area contributed by atoms with Gasteiger partial charge in [0.15, 0.2) is 25.0 Å². The molecule has 0 aromatic rings. The van der Waals surface area contributed by atoms with Crippen LogP contribution in [0.1, 0.15) is 72.1 Å². The fraction of sp³-hybridized carbons (Fsp3) is 0.811. The summed E-state index contributed by atoms with van der Waals surface area (Å²) in [6.07, 6.45) is 7.32. The molecule has 0 unspecified atom stereocenters. The van der Waals surface area contributed by atoms with Crippen LogP contribution in [0.15, 0.2) is 24.8 Å². The summed E-state index contributed by atoms with van der Waals surface area (Å²) in [5, 5.41) is 0. The molecule has 0 aromatic heterocycles. The van der Waals surface area contributed by atoms with Crippen molar-refractivity contribution in [3.05, 3.63) is 24.8 Å². The minimum Gasteiger partial charge on any atom is -0.466 e. The lowest BCUT2D eigenvalue weighted by Gasteiger charge is -2.47. The van der Waals surface area contributed by atoms with E-state index >= 15 is 0 Å². The molecular weight excluding hydrogens is 833 g/mol. The zero-order valence-electron chi connectivity index (χ0n) is 38.0. The van der Waals surface area contributed by atoms with E-state index in [-0.39, 0.29) is 17.9 Å². The maximum atomic E-state index is 12.0. The van der Waals surface area contributed by atoms with Gasteiger partial charge < -0.3 is 38.9 Å². The first-order valence-corrected chi connectivity index (χ1v) is 40.2. The lowest BCUT2D eigenvalue weighted by molar-refractivity contribution is -0.144. The maximum Gasteiger partial charge on any atom is 0.474 e. The van der Waals surface area contributed by atoms with Crippen LogP contribution in [0.2, 0.25) is 103 Å². The van der Waals surface area contributed by atoms with E-state index in [1.165, 1.54) is 0 Å². The molecular formula is C37H80O12Si7. The molecule has 0 aliphatic carbocycles. The van der Waals surface area contributed by atoms with E-state index in [0.717, 1.165) is 50.2 Å². The second-order valence-corrected chi connectivity index (χ2v) is 44.9. The van der Waals surface area contributed by atoms with Crippen LogP contribution in [0.3, 0.4) is 0 Å². The number of hydrogen-bond donors (Lipinski definition) is 0. The zero-order valence-corrected chi connectivity index (χ0v) is 45.0. The number of carbonyl (C=O) groups is 3. The van der Waals surface area contributed by atoms with E-state index in [2.05, 4.69) is 91.7 Å². The van der Waals surface area contributed by atoms with E-state index < -0.39 is 59.4 Å². The first-order valence-electron chi connectivity index (χ1n) is 20.5. The molecule has 0 saturated heterocycles. The Bertz CT molecular complexity index is 1190. The third kappa shape index (κ3) is 26.3. The molecule has 0 aliphatic heterocycles. The normalized spacial score (nSPS) is 13.3. The second kappa shape index (κ2) is 25.1. The van der Waals surface area contributed by atoms with Gasteiger partial charge >= 0.3 is 52.4 Å². The number of allylic oxidation sites excluding steroid dienone is 1. The van der Waals surface area contributed by atoms with Gasteiger partial charge in [-0.05, 0) is 142 Å². The van der Waals surface area contributed by atoms with Crippen molar-refractivity contribution >= 4 is 77.3 Å². The highest BCUT2D eigenvalue weighted by Gasteiger charge is 2.56. The summed E-state index contributed by atoms with van der Waals surface area (Å²) in [6.45, 7) is 39.4. The predicted molar refractivity (Wildman–Crippen MR) is 243 cm³/mol. The first kappa shape index (κ1) is 55.2. The largest absolute Gasteiger partial charge is 0.474 e. The fourth-order valence-electron chi connectivity index (χ4n) is 6.54. The SMILES string of the molecule is C=CCCCC[Si](O[Si](C)(C)O[Si](C)(C)CCCOC(=O)CC)(O[Si](C)(C)O[Si](C)(C)CCCOC(=O)CC)O[Si](C)(C)O[Si](C)(C)CCCOC(=O)C(=C)C. The summed E-state index contributed by atoms with van der Waals surface area (Å²) < 4.78 is 59.2. The van der Waals surface area contributed by atoms with Gasteiger partial charge in [0.1, 0.15) is 0 Å². The second-order valence-electron chi connectivity index (χ2n) is 17.7. The van der Waals surface area contributed by atoms with Crippen molar-refractivity contribution in [1.29, 1.82) is 0 Å². The molecule has 56 heavy (non-hydrogen) atoms. The summed E-state index contributed by atoms with van der Waals surface area (Å²) in [4.78, 5) is 35.4. The molecule has 0 radical (unpaired) electrons. The van der Waals surface area contributed by atoms with Crippen molar-refractivity contribution in [1.82, 2.24) is 0 Å². The summed E-state index contributed by atoms with van der Waals surface area (Å²) in [7, 11) is -19.3. The van der Waals surface area contributed by atoms with Crippen LogP contribution >= 0.6 is 0 Å². The molecule has 0 fully saturated rings. The van der Waals surface area contributed by atoms with E-state index in [4.69, 9.17) is 38.9 Å². The minimum atomic E-state index is -3.61. The maximum absolute atomic E-state index is 12.0. The number of esters is 3. The quantitative estimate of drug-likeness (QED) is 0.0159. The van der Waals surface area contributed by atoms with Crippen LogP contribution in [0.25, 0.3) is 0 Å². The van der Waals surface area contributed by atoms with Crippen LogP contribution in [-0.2, 0) is 53.3 Å². The van der Waals surface area contributed by atoms with Gasteiger partial charge in [0, 0.05) is 24.5 Å². The Morgan fingerprint density at radius 1 is 0.500 bits per heavy atom. The van der Waals surface area contributed by atoms with Gasteiger partial charge in [0.05, 0.1) is 19.8 Å². The number of carbonyl (C=O) groups excluding carboxylic acids is 3. The molecule has 0 heterocycles. The molecule has 0 amide bonds. The molecule has 0 bridgehead atoms. The van der Waals surface area contributed by atoms with Crippen molar-refractivity contribution in [3.8, 4) is 0 Å². The lowest BCUT2D eigenvalue weighted by atomic mass is 10.2. The van der Waals surface area contributed by atoms with Crippen LogP contribution in [0, 0.1) is 0 Å². The molecule has 0 aromatic carbocycles. The van der Waals surface area contributed by atoms with Gasteiger partial charge in [-0.15, -0.1) is 6.58 Å². The molecule has 0 atom stereocenters. The van der Waals surface area contributed by atoms with Crippen LogP contribution in [-0.4, -0.2) is 97.2 Å². The predicted octanol–water partition coefficient (Wildman–Crippen LogP) is 10.3. The van der Waals surface area contributed by atoms with Crippen LogP contribution in [0.5, 0.6) is 0 Å². The van der Waals surface area contributed by atoms with E-state index in [0.29, 0.717) is 50.7 Å². The average molecular weight is 914 g/mol. The Balaban J connectivity index is 6.66. The van der Waals surface area contributed by atoms with E-state index in [1.807, 2.05) is 6.08 Å². The van der Waals surface area contributed by atoms with Crippen LogP contribution in [0.4, 0.5) is 0 Å². The highest BCUT2D eigenvalue weighted by atomic mass is 28.5. The number of ether oxygens (including phenoxy) is 3. The van der Waals surface area contributed by atoms with Crippen molar-refractivity contribution in [2.45, 2.75) is 175 Å². The van der Waals surface area contributed by atoms with Crippen molar-refractivity contribution in [3.63, 3.8) is 0 Å². The Hall–Kier alpha value is -0.832. The number of unbranched alkanes of at least 4 members (excludes halogenated alkanes) is 2. The molecule has 19 heteroatoms. The topological polar surface area (TPSA) is 134 Å². The third-order valence-electron chi connectivity index (χ3n) is 8.37. The Morgan fingerprint density at radius 3 is 1.14 bits per heavy atom. The molecule has 0 N–H and O–H groups in total. The molecule has 0 saturated carbocycles. The Labute approximate surface area is 348 Å². The number of hydrogen-bond acceptors (Lipinski definition) is 12. The highest BCUT2D eigenvalue weighted by Crippen LogP contribution is 2.36. The van der Waals surface area contributed by atoms with E-state index in [1.54, 1.807) is 20.8 Å². The molecule has 0 spiro atoms. The van der Waals surface area contributed by atoms with Crippen molar-refractivity contribution in [2.75, 3.05) is 19.8 Å². The fourth-order valence-corrected chi connectivity index (χ4v) is 40.9. The summed E-state index contributed by atoms with van der Waals surface area (Å²) in [6, 6.07) is 2.96. The van der Waals surface area contributed by atoms with Gasteiger partial charge in [0.2, 0.25) is 0 Å². The van der Waals surface area contributed by atoms with Gasteiger partial charge in [-0.1, -0.05) is 26.5 Å². The Kier molecular flexibility index (Phi) is 24.7. The smallest absolute Gasteiger partial charge is 0.466 e. The Morgan fingerprint density at radius 2 is 0.839 bits per heavy atom. The summed E-state index contributed by atoms with van der Waals surface area (Å²) >= 11 is 0. The molecule has 0 aliphatic rings. The highest BCUT2D eigenvalue weighted by molar-refractivity contribution is 6.93. The molecule has 12 nitrogen and oxygen atoms in total. The number of rotatable bonds is 32. The van der Waals surface area contributed by atoms with Crippen molar-refractivity contribution < 1.29 is 53.3 Å². The zero-order chi connectivity index (χ0) is 43.5. The molecule has 328 valence electrons. The van der Waals surface area contributed by atoms with Crippen molar-refractivity contribution in [2.24, 2.45) is 0 Å². The standard InChI is InChI=1S/C37H80O12Si7/c1-18-21-22-23-33-56(47-53(12,13)44-50(6,7)30-24-27-41-35(38)19-2,48-54(14,15)45-51(8,9)31-25-28-42-36(39)20-3)49-55(16,17)46-52(10,11)32-26-29-43-37(40)34(4)5/h18H,1,4,19-33H2,2-3,5-17H3.